The molecule has 1 unspecified atom stereocenters. The standard InChI is InChI=1S/C15H13F3N4O/c1-7(9-3-5-10(6-4-9)15(16,17)18)11-12-13(22-21-11)14(23)20-8(2)19-12/h3-7H,1-2H3,(H,21,22)(H,19,20,23). The second kappa shape index (κ2) is 5.22. The van der Waals surface area contributed by atoms with Crippen molar-refractivity contribution in [2.24, 2.45) is 0 Å². The fourth-order valence-electron chi connectivity index (χ4n) is 2.47. The Morgan fingerprint density at radius 3 is 2.39 bits per heavy atom. The van der Waals surface area contributed by atoms with Crippen LogP contribution in [-0.4, -0.2) is 20.2 Å². The molecule has 1 atom stereocenters. The number of H-pyrrole nitrogens is 2. The van der Waals surface area contributed by atoms with Crippen molar-refractivity contribution in [3.05, 3.63) is 57.3 Å². The Kier molecular flexibility index (Phi) is 3.46. The Hall–Kier alpha value is -2.64. The van der Waals surface area contributed by atoms with Gasteiger partial charge in [0.2, 0.25) is 0 Å². The fraction of sp³-hybridized carbons (Fsp3) is 0.267. The van der Waals surface area contributed by atoms with E-state index < -0.39 is 11.7 Å². The second-order valence-corrected chi connectivity index (χ2v) is 5.33. The molecule has 8 heteroatoms. The van der Waals surface area contributed by atoms with Crippen LogP contribution in [0.1, 0.15) is 35.5 Å². The Bertz CT molecular complexity index is 909. The van der Waals surface area contributed by atoms with Gasteiger partial charge in [-0.2, -0.15) is 18.3 Å². The van der Waals surface area contributed by atoms with E-state index in [-0.39, 0.29) is 17.0 Å². The molecule has 0 amide bonds. The highest BCUT2D eigenvalue weighted by Crippen LogP contribution is 2.32. The highest BCUT2D eigenvalue weighted by Gasteiger charge is 2.30. The molecule has 0 saturated heterocycles. The van der Waals surface area contributed by atoms with Gasteiger partial charge in [0.15, 0.2) is 5.52 Å². The molecule has 2 heterocycles. The summed E-state index contributed by atoms with van der Waals surface area (Å²) in [5, 5.41) is 6.72. The van der Waals surface area contributed by atoms with Crippen LogP contribution in [-0.2, 0) is 6.18 Å². The summed E-state index contributed by atoms with van der Waals surface area (Å²) in [7, 11) is 0. The van der Waals surface area contributed by atoms with E-state index in [9.17, 15) is 18.0 Å². The van der Waals surface area contributed by atoms with Crippen LogP contribution in [0.3, 0.4) is 0 Å². The summed E-state index contributed by atoms with van der Waals surface area (Å²) in [5.41, 5.74) is 0.822. The predicted octanol–water partition coefficient (Wildman–Crippen LogP) is 3.13. The van der Waals surface area contributed by atoms with E-state index in [1.54, 1.807) is 6.92 Å². The first kappa shape index (κ1) is 15.3. The summed E-state index contributed by atoms with van der Waals surface area (Å²) >= 11 is 0. The van der Waals surface area contributed by atoms with E-state index in [0.717, 1.165) is 12.1 Å². The van der Waals surface area contributed by atoms with E-state index in [1.807, 2.05) is 6.92 Å². The average molecular weight is 322 g/mol. The molecule has 0 fully saturated rings. The normalized spacial score (nSPS) is 13.4. The lowest BCUT2D eigenvalue weighted by atomic mass is 9.96. The predicted molar refractivity (Wildman–Crippen MR) is 78.2 cm³/mol. The van der Waals surface area contributed by atoms with Crippen LogP contribution in [0.15, 0.2) is 29.1 Å². The first-order valence-corrected chi connectivity index (χ1v) is 6.89. The molecular weight excluding hydrogens is 309 g/mol. The minimum absolute atomic E-state index is 0.185. The van der Waals surface area contributed by atoms with Gasteiger partial charge in [-0.05, 0) is 24.6 Å². The number of rotatable bonds is 2. The number of halogens is 3. The third-order valence-corrected chi connectivity index (χ3v) is 3.73. The van der Waals surface area contributed by atoms with Gasteiger partial charge in [-0.25, -0.2) is 4.98 Å². The lowest BCUT2D eigenvalue weighted by Crippen LogP contribution is -2.10. The molecule has 0 spiro atoms. The first-order valence-electron chi connectivity index (χ1n) is 6.89. The molecule has 0 aliphatic rings. The van der Waals surface area contributed by atoms with E-state index in [1.165, 1.54) is 12.1 Å². The van der Waals surface area contributed by atoms with Gasteiger partial charge in [-0.15, -0.1) is 0 Å². The monoisotopic (exact) mass is 322 g/mol. The van der Waals surface area contributed by atoms with Crippen molar-refractivity contribution in [1.29, 1.82) is 0 Å². The van der Waals surface area contributed by atoms with Gasteiger partial charge in [-0.1, -0.05) is 19.1 Å². The molecule has 0 saturated carbocycles. The van der Waals surface area contributed by atoms with Gasteiger partial charge in [0.1, 0.15) is 11.3 Å². The summed E-state index contributed by atoms with van der Waals surface area (Å²) in [6, 6.07) is 4.91. The van der Waals surface area contributed by atoms with Crippen molar-refractivity contribution < 1.29 is 13.2 Å². The quantitative estimate of drug-likeness (QED) is 0.761. The maximum atomic E-state index is 12.6. The molecule has 23 heavy (non-hydrogen) atoms. The molecule has 2 aromatic heterocycles. The van der Waals surface area contributed by atoms with Crippen LogP contribution >= 0.6 is 0 Å². The minimum atomic E-state index is -4.37. The van der Waals surface area contributed by atoms with E-state index >= 15 is 0 Å². The minimum Gasteiger partial charge on any atom is -0.309 e. The van der Waals surface area contributed by atoms with Crippen molar-refractivity contribution in [2.75, 3.05) is 0 Å². The molecule has 3 aromatic rings. The van der Waals surface area contributed by atoms with E-state index in [2.05, 4.69) is 20.2 Å². The molecule has 1 aromatic carbocycles. The third kappa shape index (κ3) is 2.71. The van der Waals surface area contributed by atoms with Crippen LogP contribution in [0.4, 0.5) is 13.2 Å². The number of aryl methyl sites for hydroxylation is 1. The third-order valence-electron chi connectivity index (χ3n) is 3.73. The van der Waals surface area contributed by atoms with Crippen LogP contribution in [0.25, 0.3) is 11.0 Å². The Morgan fingerprint density at radius 1 is 1.13 bits per heavy atom. The van der Waals surface area contributed by atoms with Gasteiger partial charge < -0.3 is 4.98 Å². The number of nitrogens with one attached hydrogen (secondary N) is 2. The van der Waals surface area contributed by atoms with Crippen LogP contribution < -0.4 is 5.56 Å². The van der Waals surface area contributed by atoms with Crippen LogP contribution in [0.2, 0.25) is 0 Å². The number of hydrogen-bond donors (Lipinski definition) is 2. The molecule has 0 radical (unpaired) electrons. The number of hydrogen-bond acceptors (Lipinski definition) is 3. The molecule has 120 valence electrons. The summed E-state index contributed by atoms with van der Waals surface area (Å²) in [6.45, 7) is 3.47. The zero-order valence-corrected chi connectivity index (χ0v) is 12.3. The highest BCUT2D eigenvalue weighted by atomic mass is 19.4. The van der Waals surface area contributed by atoms with Crippen molar-refractivity contribution in [1.82, 2.24) is 20.2 Å². The molecule has 0 aliphatic carbocycles. The van der Waals surface area contributed by atoms with E-state index in [0.29, 0.717) is 22.6 Å². The van der Waals surface area contributed by atoms with Gasteiger partial charge in [-0.3, -0.25) is 9.89 Å². The van der Waals surface area contributed by atoms with Crippen molar-refractivity contribution in [3.8, 4) is 0 Å². The molecular formula is C15H13F3N4O. The zero-order valence-electron chi connectivity index (χ0n) is 12.3. The van der Waals surface area contributed by atoms with Crippen molar-refractivity contribution in [2.45, 2.75) is 25.9 Å². The topological polar surface area (TPSA) is 74.4 Å². The van der Waals surface area contributed by atoms with Crippen LogP contribution in [0.5, 0.6) is 0 Å². The molecule has 2 N–H and O–H groups in total. The lowest BCUT2D eigenvalue weighted by Gasteiger charge is -2.12. The number of benzene rings is 1. The summed E-state index contributed by atoms with van der Waals surface area (Å²) < 4.78 is 37.9. The summed E-state index contributed by atoms with van der Waals surface area (Å²) in [4.78, 5) is 18.6. The number of aromatic nitrogens is 4. The average Bonchev–Trinajstić information content (AvgIpc) is 2.89. The Balaban J connectivity index is 2.04. The maximum absolute atomic E-state index is 12.6. The first-order chi connectivity index (χ1) is 10.8. The maximum Gasteiger partial charge on any atom is 0.416 e. The Labute approximate surface area is 128 Å². The number of fused-ring (bicyclic) bond motifs is 1. The molecule has 0 aliphatic heterocycles. The molecule has 3 rings (SSSR count). The lowest BCUT2D eigenvalue weighted by molar-refractivity contribution is -0.137. The fourth-order valence-corrected chi connectivity index (χ4v) is 2.47. The SMILES string of the molecule is Cc1nc2c(C(C)c3ccc(C(F)(F)F)cc3)[nH]nc2c(=O)[nH]1. The Morgan fingerprint density at radius 2 is 1.78 bits per heavy atom. The van der Waals surface area contributed by atoms with Gasteiger partial charge in [0.05, 0.1) is 11.3 Å². The van der Waals surface area contributed by atoms with Gasteiger partial charge >= 0.3 is 6.18 Å². The largest absolute Gasteiger partial charge is 0.416 e. The summed E-state index contributed by atoms with van der Waals surface area (Å²) in [6.07, 6.45) is -4.37. The zero-order chi connectivity index (χ0) is 16.8. The number of aromatic amines is 2. The van der Waals surface area contributed by atoms with Crippen LogP contribution in [0, 0.1) is 6.92 Å². The molecule has 0 bridgehead atoms. The number of alkyl halides is 3. The second-order valence-electron chi connectivity index (χ2n) is 5.33. The smallest absolute Gasteiger partial charge is 0.309 e. The van der Waals surface area contributed by atoms with Gasteiger partial charge in [0, 0.05) is 5.92 Å². The molecule has 5 nitrogen and oxygen atoms in total. The highest BCUT2D eigenvalue weighted by molar-refractivity contribution is 5.76. The van der Waals surface area contributed by atoms with Gasteiger partial charge in [0.25, 0.3) is 5.56 Å². The van der Waals surface area contributed by atoms with E-state index in [4.69, 9.17) is 0 Å². The number of nitrogens with zero attached hydrogens (tertiary/aromatic N) is 2. The van der Waals surface area contributed by atoms with Crippen molar-refractivity contribution >= 4 is 11.0 Å². The van der Waals surface area contributed by atoms with Crippen molar-refractivity contribution in [3.63, 3.8) is 0 Å². The summed E-state index contributed by atoms with van der Waals surface area (Å²) in [5.74, 6) is 0.167.